The number of carbonyl (C=O) groups is 1. The molecule has 0 bridgehead atoms. The van der Waals surface area contributed by atoms with Crippen molar-refractivity contribution < 1.29 is 4.79 Å². The summed E-state index contributed by atoms with van der Waals surface area (Å²) in [7, 11) is 0. The second kappa shape index (κ2) is 6.61. The molecule has 0 atom stereocenters. The molecule has 0 radical (unpaired) electrons. The van der Waals surface area contributed by atoms with E-state index in [1.54, 1.807) is 48.9 Å². The molecule has 0 saturated heterocycles. The minimum Gasteiger partial charge on any atom is -0.323 e. The highest BCUT2D eigenvalue weighted by atomic mass is 16.2. The van der Waals surface area contributed by atoms with Gasteiger partial charge in [0.05, 0.1) is 17.6 Å². The molecule has 0 aromatic carbocycles. The first kappa shape index (κ1) is 14.6. The van der Waals surface area contributed by atoms with Gasteiger partial charge in [-0.15, -0.1) is 0 Å². The molecule has 0 unspecified atom stereocenters. The zero-order chi connectivity index (χ0) is 16.1. The Hall–Kier alpha value is -3.35. The van der Waals surface area contributed by atoms with E-state index in [4.69, 9.17) is 0 Å². The van der Waals surface area contributed by atoms with Gasteiger partial charge < -0.3 is 5.32 Å². The molecule has 7 heteroatoms. The molecule has 23 heavy (non-hydrogen) atoms. The monoisotopic (exact) mass is 307 g/mol. The predicted molar refractivity (Wildman–Crippen MR) is 84.6 cm³/mol. The molecule has 0 aliphatic rings. The van der Waals surface area contributed by atoms with Crippen LogP contribution in [-0.4, -0.2) is 25.7 Å². The predicted octanol–water partition coefficient (Wildman–Crippen LogP) is 1.34. The number of hydrogen-bond acceptors (Lipinski definition) is 5. The zero-order valence-corrected chi connectivity index (χ0v) is 12.1. The first-order chi connectivity index (χ1) is 11.2. The molecule has 3 aromatic heterocycles. The molecule has 1 N–H and O–H groups in total. The number of rotatable bonds is 4. The van der Waals surface area contributed by atoms with Gasteiger partial charge in [-0.25, -0.2) is 4.68 Å². The lowest BCUT2D eigenvalue weighted by Crippen LogP contribution is -2.29. The highest BCUT2D eigenvalue weighted by molar-refractivity contribution is 5.90. The summed E-state index contributed by atoms with van der Waals surface area (Å²) >= 11 is 0. The highest BCUT2D eigenvalue weighted by Crippen LogP contribution is 2.13. The summed E-state index contributed by atoms with van der Waals surface area (Å²) in [5, 5.41) is 6.89. The normalized spacial score (nSPS) is 10.3. The Labute approximate surface area is 131 Å². The van der Waals surface area contributed by atoms with E-state index < -0.39 is 0 Å². The number of nitrogens with one attached hydrogen (secondary N) is 1. The lowest BCUT2D eigenvalue weighted by molar-refractivity contribution is -0.117. The molecule has 3 heterocycles. The fourth-order valence-corrected chi connectivity index (χ4v) is 2.01. The lowest BCUT2D eigenvalue weighted by Gasteiger charge is -2.08. The van der Waals surface area contributed by atoms with E-state index in [1.807, 2.05) is 0 Å². The van der Waals surface area contributed by atoms with Crippen LogP contribution in [0.3, 0.4) is 0 Å². The number of carbonyl (C=O) groups excluding carboxylic acids is 1. The van der Waals surface area contributed by atoms with Crippen molar-refractivity contribution in [2.45, 2.75) is 6.54 Å². The maximum Gasteiger partial charge on any atom is 0.267 e. The van der Waals surface area contributed by atoms with Crippen molar-refractivity contribution in [3.05, 3.63) is 71.5 Å². The Morgan fingerprint density at radius 1 is 1.04 bits per heavy atom. The van der Waals surface area contributed by atoms with E-state index in [9.17, 15) is 9.59 Å². The lowest BCUT2D eigenvalue weighted by atomic mass is 10.2. The van der Waals surface area contributed by atoms with E-state index in [-0.39, 0.29) is 18.0 Å². The molecule has 0 spiro atoms. The molecule has 0 fully saturated rings. The Morgan fingerprint density at radius 2 is 1.87 bits per heavy atom. The fraction of sp³-hybridized carbons (Fsp3) is 0.0625. The third kappa shape index (κ3) is 3.65. The van der Waals surface area contributed by atoms with Crippen LogP contribution in [0.5, 0.6) is 0 Å². The Bertz CT molecular complexity index is 862. The average molecular weight is 307 g/mol. The van der Waals surface area contributed by atoms with Crippen molar-refractivity contribution in [2.75, 3.05) is 5.32 Å². The van der Waals surface area contributed by atoms with Gasteiger partial charge in [-0.1, -0.05) is 0 Å². The van der Waals surface area contributed by atoms with Crippen molar-refractivity contribution >= 4 is 11.6 Å². The standard InChI is InChI=1S/C16H13N5O2/c22-15(19-13-2-1-7-18-10-13)11-21-16(23)4-3-14(20-21)12-5-8-17-9-6-12/h1-10H,11H2,(H,19,22). The van der Waals surface area contributed by atoms with Gasteiger partial charge in [-0.2, -0.15) is 5.10 Å². The molecular formula is C16H13N5O2. The summed E-state index contributed by atoms with van der Waals surface area (Å²) in [5.41, 5.74) is 1.64. The molecule has 0 aliphatic heterocycles. The molecule has 3 aromatic rings. The summed E-state index contributed by atoms with van der Waals surface area (Å²) in [6.45, 7) is -0.174. The molecule has 114 valence electrons. The summed E-state index contributed by atoms with van der Waals surface area (Å²) in [6, 6.07) is 10.0. The van der Waals surface area contributed by atoms with E-state index >= 15 is 0 Å². The number of amides is 1. The summed E-state index contributed by atoms with van der Waals surface area (Å²) < 4.78 is 1.13. The maximum absolute atomic E-state index is 12.0. The van der Waals surface area contributed by atoms with Crippen LogP contribution in [0.25, 0.3) is 11.3 Å². The van der Waals surface area contributed by atoms with Crippen molar-refractivity contribution in [3.63, 3.8) is 0 Å². The number of pyridine rings is 2. The first-order valence-electron chi connectivity index (χ1n) is 6.91. The zero-order valence-electron chi connectivity index (χ0n) is 12.1. The summed E-state index contributed by atoms with van der Waals surface area (Å²) in [5.74, 6) is -0.348. The third-order valence-electron chi connectivity index (χ3n) is 3.08. The molecule has 3 rings (SSSR count). The molecule has 1 amide bonds. The minimum absolute atomic E-state index is 0.174. The SMILES string of the molecule is O=C(Cn1nc(-c2ccncc2)ccc1=O)Nc1cccnc1. The maximum atomic E-state index is 12.0. The largest absolute Gasteiger partial charge is 0.323 e. The molecular weight excluding hydrogens is 294 g/mol. The van der Waals surface area contributed by atoms with Crippen molar-refractivity contribution in [1.29, 1.82) is 0 Å². The van der Waals surface area contributed by atoms with Crippen molar-refractivity contribution in [2.24, 2.45) is 0 Å². The minimum atomic E-state index is -0.348. The van der Waals surface area contributed by atoms with E-state index in [1.165, 1.54) is 12.3 Å². The van der Waals surface area contributed by atoms with Gasteiger partial charge in [0, 0.05) is 30.2 Å². The second-order valence-electron chi connectivity index (χ2n) is 4.74. The Kier molecular flexibility index (Phi) is 4.19. The average Bonchev–Trinajstić information content (AvgIpc) is 2.58. The summed E-state index contributed by atoms with van der Waals surface area (Å²) in [6.07, 6.45) is 6.42. The van der Waals surface area contributed by atoms with Crippen LogP contribution < -0.4 is 10.9 Å². The van der Waals surface area contributed by atoms with Crippen LogP contribution in [0.1, 0.15) is 0 Å². The van der Waals surface area contributed by atoms with Gasteiger partial charge >= 0.3 is 0 Å². The number of hydrogen-bond donors (Lipinski definition) is 1. The van der Waals surface area contributed by atoms with Crippen LogP contribution in [-0.2, 0) is 11.3 Å². The smallest absolute Gasteiger partial charge is 0.267 e. The summed E-state index contributed by atoms with van der Waals surface area (Å²) in [4.78, 5) is 31.8. The number of nitrogens with zero attached hydrogens (tertiary/aromatic N) is 4. The number of aromatic nitrogens is 4. The first-order valence-corrected chi connectivity index (χ1v) is 6.91. The fourth-order valence-electron chi connectivity index (χ4n) is 2.01. The van der Waals surface area contributed by atoms with Crippen LogP contribution >= 0.6 is 0 Å². The molecule has 0 saturated carbocycles. The van der Waals surface area contributed by atoms with Gasteiger partial charge in [0.15, 0.2) is 0 Å². The number of anilines is 1. The van der Waals surface area contributed by atoms with Crippen LogP contribution in [0.15, 0.2) is 66.0 Å². The Balaban J connectivity index is 1.80. The Morgan fingerprint density at radius 3 is 2.61 bits per heavy atom. The van der Waals surface area contributed by atoms with E-state index in [0.29, 0.717) is 11.4 Å². The topological polar surface area (TPSA) is 89.8 Å². The highest BCUT2D eigenvalue weighted by Gasteiger charge is 2.08. The van der Waals surface area contributed by atoms with Gasteiger partial charge in [0.2, 0.25) is 5.91 Å². The van der Waals surface area contributed by atoms with E-state index in [2.05, 4.69) is 20.4 Å². The molecule has 7 nitrogen and oxygen atoms in total. The third-order valence-corrected chi connectivity index (χ3v) is 3.08. The second-order valence-corrected chi connectivity index (χ2v) is 4.74. The van der Waals surface area contributed by atoms with Gasteiger partial charge in [-0.3, -0.25) is 19.6 Å². The van der Waals surface area contributed by atoms with Crippen LogP contribution in [0, 0.1) is 0 Å². The van der Waals surface area contributed by atoms with Gasteiger partial charge in [0.1, 0.15) is 6.54 Å². The van der Waals surface area contributed by atoms with E-state index in [0.717, 1.165) is 10.2 Å². The van der Waals surface area contributed by atoms with Crippen LogP contribution in [0.2, 0.25) is 0 Å². The van der Waals surface area contributed by atoms with Crippen molar-refractivity contribution in [1.82, 2.24) is 19.7 Å². The quantitative estimate of drug-likeness (QED) is 0.785. The van der Waals surface area contributed by atoms with Gasteiger partial charge in [-0.05, 0) is 30.3 Å². The molecule has 0 aliphatic carbocycles. The van der Waals surface area contributed by atoms with Gasteiger partial charge in [0.25, 0.3) is 5.56 Å². The van der Waals surface area contributed by atoms with Crippen LogP contribution in [0.4, 0.5) is 5.69 Å². The van der Waals surface area contributed by atoms with Crippen molar-refractivity contribution in [3.8, 4) is 11.3 Å².